The minimum absolute atomic E-state index is 0.00405. The van der Waals surface area contributed by atoms with Crippen molar-refractivity contribution in [2.45, 2.75) is 32.0 Å². The lowest BCUT2D eigenvalue weighted by molar-refractivity contribution is -0.270. The molecule has 140 valence electrons. The number of aliphatic carboxylic acids is 1. The van der Waals surface area contributed by atoms with Crippen molar-refractivity contribution in [2.75, 3.05) is 7.11 Å². The Hall–Kier alpha value is -1.44. The van der Waals surface area contributed by atoms with Crippen LogP contribution in [0.15, 0.2) is 18.2 Å². The van der Waals surface area contributed by atoms with Crippen molar-refractivity contribution >= 4 is 34.7 Å². The molecule has 1 unspecified atom stereocenters. The summed E-state index contributed by atoms with van der Waals surface area (Å²) < 4.78 is 45.3. The Morgan fingerprint density at radius 2 is 1.92 bits per heavy atom. The normalized spacial score (nSPS) is 16.3. The molecule has 0 aliphatic rings. The minimum Gasteiger partial charge on any atom is -0.494 e. The topological polar surface area (TPSA) is 66.8 Å². The van der Waals surface area contributed by atoms with Gasteiger partial charge in [0.1, 0.15) is 10.8 Å². The molecule has 0 aliphatic heterocycles. The van der Waals surface area contributed by atoms with E-state index in [1.807, 2.05) is 0 Å². The zero-order valence-corrected chi connectivity index (χ0v) is 15.1. The third kappa shape index (κ3) is 3.73. The van der Waals surface area contributed by atoms with E-state index < -0.39 is 23.7 Å². The van der Waals surface area contributed by atoms with E-state index in [4.69, 9.17) is 33.0 Å². The van der Waals surface area contributed by atoms with Gasteiger partial charge in [0.25, 0.3) is 5.60 Å². The molecule has 2 N–H and O–H groups in total. The van der Waals surface area contributed by atoms with Gasteiger partial charge in [0.15, 0.2) is 0 Å². The van der Waals surface area contributed by atoms with Gasteiger partial charge >= 0.3 is 12.1 Å². The van der Waals surface area contributed by atoms with E-state index in [2.05, 4.69) is 0 Å². The molecule has 1 rings (SSSR count). The molecule has 4 nitrogen and oxygen atoms in total. The van der Waals surface area contributed by atoms with Gasteiger partial charge in [0.2, 0.25) is 0 Å². The van der Waals surface area contributed by atoms with Gasteiger partial charge in [-0.05, 0) is 31.1 Å². The number of ether oxygens (including phenoxy) is 1. The van der Waals surface area contributed by atoms with Crippen LogP contribution in [0.4, 0.5) is 13.2 Å². The molecule has 0 radical (unpaired) electrons. The van der Waals surface area contributed by atoms with Crippen molar-refractivity contribution in [3.05, 3.63) is 33.8 Å². The van der Waals surface area contributed by atoms with Crippen LogP contribution in [0.2, 0.25) is 10.0 Å². The Morgan fingerprint density at radius 1 is 1.36 bits per heavy atom. The lowest BCUT2D eigenvalue weighted by Gasteiger charge is -2.35. The summed E-state index contributed by atoms with van der Waals surface area (Å²) in [4.78, 5) is 11.3. The molecule has 0 saturated carbocycles. The molecular weight excluding hydrogens is 384 g/mol. The highest BCUT2D eigenvalue weighted by Gasteiger charge is 2.64. The highest BCUT2D eigenvalue weighted by molar-refractivity contribution is 6.43. The van der Waals surface area contributed by atoms with Crippen LogP contribution in [0.3, 0.4) is 0 Å². The first-order chi connectivity index (χ1) is 11.5. The Kier molecular flexibility index (Phi) is 6.78. The van der Waals surface area contributed by atoms with Crippen LogP contribution < -0.4 is 4.74 Å². The molecule has 0 heterocycles. The van der Waals surface area contributed by atoms with Gasteiger partial charge in [0, 0.05) is 11.5 Å². The van der Waals surface area contributed by atoms with Crippen LogP contribution in [-0.2, 0) is 4.79 Å². The zero-order chi connectivity index (χ0) is 19.6. The number of carboxylic acid groups (broad SMARTS) is 1. The smallest absolute Gasteiger partial charge is 0.428 e. The third-order valence-corrected chi connectivity index (χ3v) is 4.71. The second-order valence-corrected chi connectivity index (χ2v) is 6.00. The first kappa shape index (κ1) is 21.6. The maximum atomic E-state index is 13.4. The van der Waals surface area contributed by atoms with Crippen molar-refractivity contribution in [1.82, 2.24) is 0 Å². The molecule has 25 heavy (non-hydrogen) atoms. The van der Waals surface area contributed by atoms with Gasteiger partial charge in [-0.1, -0.05) is 36.2 Å². The molecule has 1 aromatic rings. The van der Waals surface area contributed by atoms with Crippen molar-refractivity contribution in [3.63, 3.8) is 0 Å². The number of alkyl halides is 3. The third-order valence-electron chi connectivity index (χ3n) is 3.92. The number of carboxylic acids is 1. The molecular formula is C16H17Cl2F3O4. The second-order valence-electron chi connectivity index (χ2n) is 5.22. The first-order valence-corrected chi connectivity index (χ1v) is 7.93. The number of benzene rings is 1. The number of hydrogen-bond donors (Lipinski definition) is 2. The number of halogens is 5. The Bertz CT molecular complexity index is 689. The van der Waals surface area contributed by atoms with Crippen LogP contribution in [0.25, 0.3) is 5.57 Å². The van der Waals surface area contributed by atoms with Crippen molar-refractivity contribution in [1.29, 1.82) is 0 Å². The number of aliphatic hydroxyl groups is 1. The van der Waals surface area contributed by atoms with E-state index in [0.29, 0.717) is 0 Å². The Morgan fingerprint density at radius 3 is 2.28 bits per heavy atom. The Labute approximate surface area is 152 Å². The fourth-order valence-electron chi connectivity index (χ4n) is 2.71. The number of hydrogen-bond acceptors (Lipinski definition) is 3. The molecule has 9 heteroatoms. The van der Waals surface area contributed by atoms with E-state index in [-0.39, 0.29) is 33.4 Å². The van der Waals surface area contributed by atoms with Crippen LogP contribution in [0.5, 0.6) is 5.75 Å². The van der Waals surface area contributed by atoms with E-state index in [0.717, 1.165) is 0 Å². The number of allylic oxidation sites excluding steroid dienone is 1. The van der Waals surface area contributed by atoms with Gasteiger partial charge in [-0.2, -0.15) is 13.2 Å². The maximum Gasteiger partial charge on any atom is 0.428 e. The summed E-state index contributed by atoms with van der Waals surface area (Å²) in [5.74, 6) is -4.18. The second kappa shape index (κ2) is 7.85. The lowest BCUT2D eigenvalue weighted by Crippen LogP contribution is -2.57. The maximum absolute atomic E-state index is 13.4. The zero-order valence-electron chi connectivity index (χ0n) is 13.6. The van der Waals surface area contributed by atoms with Crippen molar-refractivity contribution in [3.8, 4) is 5.75 Å². The summed E-state index contributed by atoms with van der Waals surface area (Å²) in [7, 11) is 1.25. The molecule has 0 aliphatic carbocycles. The average Bonchev–Trinajstić information content (AvgIpc) is 2.53. The Balaban J connectivity index is 3.69. The number of carbonyl (C=O) groups is 1. The van der Waals surface area contributed by atoms with Crippen molar-refractivity contribution < 1.29 is 32.9 Å². The van der Waals surface area contributed by atoms with Gasteiger partial charge in [0.05, 0.1) is 12.1 Å². The fourth-order valence-corrected chi connectivity index (χ4v) is 3.10. The molecule has 0 bridgehead atoms. The summed E-state index contributed by atoms with van der Waals surface area (Å²) in [5, 5.41) is 19.3. The van der Waals surface area contributed by atoms with E-state index in [1.165, 1.54) is 39.2 Å². The van der Waals surface area contributed by atoms with E-state index in [9.17, 15) is 23.1 Å². The molecule has 0 saturated heterocycles. The number of methoxy groups -OCH3 is 1. The van der Waals surface area contributed by atoms with Crippen LogP contribution >= 0.6 is 23.2 Å². The highest BCUT2D eigenvalue weighted by atomic mass is 35.5. The van der Waals surface area contributed by atoms with Crippen LogP contribution in [-0.4, -0.2) is 35.1 Å². The van der Waals surface area contributed by atoms with Crippen LogP contribution in [0.1, 0.15) is 25.8 Å². The van der Waals surface area contributed by atoms with E-state index in [1.54, 1.807) is 0 Å². The van der Waals surface area contributed by atoms with Gasteiger partial charge in [-0.15, -0.1) is 0 Å². The SMILES string of the molecule is CC=C(c1ccc(Cl)c(Cl)c1OC)C(CC)[C@@](O)(C(=O)O)C(F)(F)F. The van der Waals surface area contributed by atoms with E-state index >= 15 is 0 Å². The molecule has 0 amide bonds. The summed E-state index contributed by atoms with van der Waals surface area (Å²) in [6.45, 7) is 2.77. The molecule has 0 spiro atoms. The number of rotatable bonds is 6. The predicted molar refractivity (Wildman–Crippen MR) is 89.1 cm³/mol. The summed E-state index contributed by atoms with van der Waals surface area (Å²) >= 11 is 11.9. The molecule has 0 aromatic heterocycles. The highest BCUT2D eigenvalue weighted by Crippen LogP contribution is 2.47. The minimum atomic E-state index is -5.39. The monoisotopic (exact) mass is 400 g/mol. The summed E-state index contributed by atoms with van der Waals surface area (Å²) in [5.41, 5.74) is -3.92. The predicted octanol–water partition coefficient (Wildman–Crippen LogP) is 4.81. The largest absolute Gasteiger partial charge is 0.494 e. The summed E-state index contributed by atoms with van der Waals surface area (Å²) in [6, 6.07) is 2.72. The average molecular weight is 401 g/mol. The van der Waals surface area contributed by atoms with Crippen molar-refractivity contribution in [2.24, 2.45) is 5.92 Å². The van der Waals surface area contributed by atoms with Crippen LogP contribution in [0, 0.1) is 5.92 Å². The molecule has 0 fully saturated rings. The summed E-state index contributed by atoms with van der Waals surface area (Å²) in [6.07, 6.45) is -4.40. The lowest BCUT2D eigenvalue weighted by atomic mass is 9.76. The molecule has 1 aromatic carbocycles. The van der Waals surface area contributed by atoms with Gasteiger partial charge in [-0.25, -0.2) is 4.79 Å². The molecule has 2 atom stereocenters. The van der Waals surface area contributed by atoms with Gasteiger partial charge in [-0.3, -0.25) is 0 Å². The standard InChI is InChI=1S/C16H17Cl2F3O4/c1-4-8(9-6-7-11(17)12(18)13(9)25-3)10(5-2)15(24,14(22)23)16(19,20)21/h4,6-7,10,24H,5H2,1-3H3,(H,22,23)/t10?,15-/m1/s1. The first-order valence-electron chi connectivity index (χ1n) is 7.18. The quantitative estimate of drug-likeness (QED) is 0.718. The fraction of sp³-hybridized carbons (Fsp3) is 0.438. The van der Waals surface area contributed by atoms with Gasteiger partial charge < -0.3 is 14.9 Å².